The Hall–Kier alpha value is -1.26. The first kappa shape index (κ1) is 14.8. The second kappa shape index (κ2) is 5.59. The SMILES string of the molecule is CC(C)(C)C(=NO)OC(=O)c1cccc(Cl)c1Cl. The quantitative estimate of drug-likeness (QED) is 0.280. The number of hydrogen-bond donors (Lipinski definition) is 1. The monoisotopic (exact) mass is 289 g/mol. The van der Waals surface area contributed by atoms with Crippen molar-refractivity contribution in [2.45, 2.75) is 20.8 Å². The van der Waals surface area contributed by atoms with Gasteiger partial charge in [-0.15, -0.1) is 0 Å². The van der Waals surface area contributed by atoms with Gasteiger partial charge >= 0.3 is 5.97 Å². The Morgan fingerprint density at radius 2 is 1.94 bits per heavy atom. The smallest absolute Gasteiger partial charge is 0.346 e. The lowest BCUT2D eigenvalue weighted by Crippen LogP contribution is -2.26. The van der Waals surface area contributed by atoms with Crippen LogP contribution in [-0.2, 0) is 4.74 Å². The van der Waals surface area contributed by atoms with Crippen molar-refractivity contribution >= 4 is 35.1 Å². The molecule has 0 saturated carbocycles. The Balaban J connectivity index is 3.00. The molecular weight excluding hydrogens is 277 g/mol. The Morgan fingerprint density at radius 1 is 1.33 bits per heavy atom. The summed E-state index contributed by atoms with van der Waals surface area (Å²) in [5.41, 5.74) is -0.482. The van der Waals surface area contributed by atoms with Crippen LogP contribution in [0.25, 0.3) is 0 Å². The maximum absolute atomic E-state index is 11.9. The molecule has 0 bridgehead atoms. The van der Waals surface area contributed by atoms with Gasteiger partial charge in [0, 0.05) is 5.41 Å². The fourth-order valence-corrected chi connectivity index (χ4v) is 1.51. The van der Waals surface area contributed by atoms with E-state index in [2.05, 4.69) is 5.16 Å². The molecule has 0 saturated heterocycles. The predicted molar refractivity (Wildman–Crippen MR) is 70.6 cm³/mol. The molecule has 0 radical (unpaired) electrons. The van der Waals surface area contributed by atoms with E-state index in [-0.39, 0.29) is 21.5 Å². The third kappa shape index (κ3) is 3.37. The van der Waals surface area contributed by atoms with Gasteiger partial charge in [-0.05, 0) is 12.1 Å². The van der Waals surface area contributed by atoms with Gasteiger partial charge in [0.15, 0.2) is 0 Å². The van der Waals surface area contributed by atoms with Gasteiger partial charge < -0.3 is 9.94 Å². The summed E-state index contributed by atoms with van der Waals surface area (Å²) in [4.78, 5) is 11.9. The van der Waals surface area contributed by atoms with Crippen LogP contribution in [-0.4, -0.2) is 17.1 Å². The van der Waals surface area contributed by atoms with Crippen LogP contribution in [0.4, 0.5) is 0 Å². The van der Waals surface area contributed by atoms with Crippen molar-refractivity contribution in [1.29, 1.82) is 0 Å². The molecule has 1 aromatic rings. The maximum Gasteiger partial charge on any atom is 0.346 e. The number of hydrogen-bond acceptors (Lipinski definition) is 4. The molecule has 0 aliphatic carbocycles. The summed E-state index contributed by atoms with van der Waals surface area (Å²) in [7, 11) is 0. The van der Waals surface area contributed by atoms with Crippen molar-refractivity contribution in [1.82, 2.24) is 0 Å². The van der Waals surface area contributed by atoms with Crippen molar-refractivity contribution in [3.63, 3.8) is 0 Å². The van der Waals surface area contributed by atoms with Crippen LogP contribution in [0.3, 0.4) is 0 Å². The van der Waals surface area contributed by atoms with Crippen molar-refractivity contribution < 1.29 is 14.7 Å². The second-order valence-corrected chi connectivity index (χ2v) is 5.43. The number of ether oxygens (including phenoxy) is 1. The van der Waals surface area contributed by atoms with Crippen LogP contribution in [0.15, 0.2) is 23.4 Å². The molecule has 0 unspecified atom stereocenters. The predicted octanol–water partition coefficient (Wildman–Crippen LogP) is 3.98. The molecule has 0 atom stereocenters. The number of rotatable bonds is 1. The van der Waals surface area contributed by atoms with Crippen LogP contribution in [0, 0.1) is 5.41 Å². The van der Waals surface area contributed by atoms with Crippen LogP contribution >= 0.6 is 23.2 Å². The van der Waals surface area contributed by atoms with E-state index < -0.39 is 11.4 Å². The third-order valence-corrected chi connectivity index (χ3v) is 2.91. The van der Waals surface area contributed by atoms with Crippen LogP contribution in [0.1, 0.15) is 31.1 Å². The Bertz CT molecular complexity index is 493. The van der Waals surface area contributed by atoms with Gasteiger partial charge in [0.2, 0.25) is 5.90 Å². The summed E-state index contributed by atoms with van der Waals surface area (Å²) in [6.07, 6.45) is 0. The molecule has 0 heterocycles. The standard InChI is InChI=1S/C12H13Cl2NO3/c1-12(2,3)11(15-17)18-10(16)7-5-4-6-8(13)9(7)14/h4-6,17H,1-3H3. The first-order chi connectivity index (χ1) is 8.27. The molecule has 1 rings (SSSR count). The summed E-state index contributed by atoms with van der Waals surface area (Å²) < 4.78 is 5.00. The van der Waals surface area contributed by atoms with E-state index in [1.807, 2.05) is 0 Å². The maximum atomic E-state index is 11.9. The lowest BCUT2D eigenvalue weighted by molar-refractivity contribution is 0.0682. The van der Waals surface area contributed by atoms with Crippen molar-refractivity contribution in [3.05, 3.63) is 33.8 Å². The van der Waals surface area contributed by atoms with Crippen LogP contribution < -0.4 is 0 Å². The molecule has 0 aliphatic rings. The Morgan fingerprint density at radius 3 is 2.44 bits per heavy atom. The van der Waals surface area contributed by atoms with E-state index in [9.17, 15) is 4.79 Å². The minimum atomic E-state index is -0.717. The van der Waals surface area contributed by atoms with E-state index in [1.54, 1.807) is 32.9 Å². The zero-order valence-corrected chi connectivity index (χ0v) is 11.7. The number of carbonyl (C=O) groups excluding carboxylic acids is 1. The highest BCUT2D eigenvalue weighted by Gasteiger charge is 2.26. The molecule has 6 heteroatoms. The molecule has 0 fully saturated rings. The Kier molecular flexibility index (Phi) is 4.59. The minimum absolute atomic E-state index is 0.0939. The van der Waals surface area contributed by atoms with Crippen LogP contribution in [0.5, 0.6) is 0 Å². The van der Waals surface area contributed by atoms with E-state index in [4.69, 9.17) is 33.1 Å². The summed E-state index contributed by atoms with van der Waals surface area (Å²) in [5, 5.41) is 12.2. The Labute approximate surface area is 115 Å². The topological polar surface area (TPSA) is 58.9 Å². The average molecular weight is 290 g/mol. The normalized spacial score (nSPS) is 12.4. The summed E-state index contributed by atoms with van der Waals surface area (Å²) in [6.45, 7) is 5.23. The molecular formula is C12H13Cl2NO3. The van der Waals surface area contributed by atoms with Gasteiger partial charge in [0.1, 0.15) is 0 Å². The largest absolute Gasteiger partial charge is 0.408 e. The highest BCUT2D eigenvalue weighted by molar-refractivity contribution is 6.43. The fraction of sp³-hybridized carbons (Fsp3) is 0.333. The molecule has 0 aliphatic heterocycles. The van der Waals surface area contributed by atoms with Gasteiger partial charge in [-0.2, -0.15) is 0 Å². The molecule has 1 N–H and O–H groups in total. The van der Waals surface area contributed by atoms with E-state index in [0.29, 0.717) is 0 Å². The lowest BCUT2D eigenvalue weighted by atomic mass is 9.97. The summed E-state index contributed by atoms with van der Waals surface area (Å²) in [6, 6.07) is 4.62. The van der Waals surface area contributed by atoms with Crippen molar-refractivity contribution in [2.24, 2.45) is 10.6 Å². The molecule has 18 heavy (non-hydrogen) atoms. The molecule has 0 aromatic heterocycles. The van der Waals surface area contributed by atoms with Gasteiger partial charge in [0.05, 0.1) is 15.6 Å². The van der Waals surface area contributed by atoms with E-state index >= 15 is 0 Å². The highest BCUT2D eigenvalue weighted by Crippen LogP contribution is 2.27. The van der Waals surface area contributed by atoms with E-state index in [1.165, 1.54) is 6.07 Å². The minimum Gasteiger partial charge on any atom is -0.408 e. The van der Waals surface area contributed by atoms with Gasteiger partial charge in [-0.25, -0.2) is 4.79 Å². The lowest BCUT2D eigenvalue weighted by Gasteiger charge is -2.18. The van der Waals surface area contributed by atoms with Crippen LogP contribution in [0.2, 0.25) is 10.0 Å². The third-order valence-electron chi connectivity index (χ3n) is 2.09. The number of nitrogens with zero attached hydrogens (tertiary/aromatic N) is 1. The number of oxime groups is 1. The van der Waals surface area contributed by atoms with Gasteiger partial charge in [-0.3, -0.25) is 0 Å². The van der Waals surface area contributed by atoms with Gasteiger partial charge in [-0.1, -0.05) is 55.2 Å². The van der Waals surface area contributed by atoms with Gasteiger partial charge in [0.25, 0.3) is 0 Å². The highest BCUT2D eigenvalue weighted by atomic mass is 35.5. The zero-order chi connectivity index (χ0) is 13.9. The van der Waals surface area contributed by atoms with Crippen molar-refractivity contribution in [2.75, 3.05) is 0 Å². The first-order valence-corrected chi connectivity index (χ1v) is 5.91. The summed E-state index contributed by atoms with van der Waals surface area (Å²) >= 11 is 11.7. The molecule has 98 valence electrons. The van der Waals surface area contributed by atoms with E-state index in [0.717, 1.165) is 0 Å². The molecule has 1 aromatic carbocycles. The number of halogens is 2. The molecule has 0 amide bonds. The first-order valence-electron chi connectivity index (χ1n) is 5.16. The molecule has 0 spiro atoms. The van der Waals surface area contributed by atoms with Crippen molar-refractivity contribution in [3.8, 4) is 0 Å². The molecule has 4 nitrogen and oxygen atoms in total. The number of benzene rings is 1. The number of carbonyl (C=O) groups is 1. The second-order valence-electron chi connectivity index (χ2n) is 4.65. The fourth-order valence-electron chi connectivity index (χ4n) is 1.13. The average Bonchev–Trinajstić information content (AvgIpc) is 2.27. The zero-order valence-electron chi connectivity index (χ0n) is 10.2. The summed E-state index contributed by atoms with van der Waals surface area (Å²) in [5.74, 6) is -0.811. The number of esters is 1.